The second-order valence-corrected chi connectivity index (χ2v) is 11.5. The van der Waals surface area contributed by atoms with Crippen molar-refractivity contribution in [2.45, 2.75) is 44.9 Å². The molecule has 0 N–H and O–H groups in total. The van der Waals surface area contributed by atoms with Crippen LogP contribution in [0, 0.1) is 11.8 Å². The van der Waals surface area contributed by atoms with E-state index in [9.17, 15) is 9.59 Å². The lowest BCUT2D eigenvalue weighted by Gasteiger charge is -2.35. The average molecular weight is 327 g/mol. The Balaban J connectivity index is 2.53. The molecule has 0 unspecified atom stereocenters. The predicted octanol–water partition coefficient (Wildman–Crippen LogP) is 2.01. The first-order chi connectivity index (χ1) is 10.1. The minimum Gasteiger partial charge on any atom is -0.467 e. The summed E-state index contributed by atoms with van der Waals surface area (Å²) in [5.41, 5.74) is 0. The highest BCUT2D eigenvalue weighted by molar-refractivity contribution is 6.74. The Morgan fingerprint density at radius 2 is 2.05 bits per heavy atom. The van der Waals surface area contributed by atoms with E-state index >= 15 is 0 Å². The molecule has 0 radical (unpaired) electrons. The van der Waals surface area contributed by atoms with Gasteiger partial charge in [0.2, 0.25) is 0 Å². The van der Waals surface area contributed by atoms with E-state index in [1.165, 1.54) is 12.0 Å². The lowest BCUT2D eigenvalue weighted by molar-refractivity contribution is -0.144. The van der Waals surface area contributed by atoms with Crippen molar-refractivity contribution >= 4 is 20.4 Å². The van der Waals surface area contributed by atoms with Gasteiger partial charge in [-0.1, -0.05) is 32.6 Å². The van der Waals surface area contributed by atoms with Crippen molar-refractivity contribution in [3.05, 3.63) is 0 Å². The number of methoxy groups -OCH3 is 1. The zero-order valence-corrected chi connectivity index (χ0v) is 15.2. The number of carbonyl (C=O) groups excluding carboxylic acids is 2. The van der Waals surface area contributed by atoms with Gasteiger partial charge in [0.05, 0.1) is 20.3 Å². The van der Waals surface area contributed by atoms with Crippen LogP contribution in [0.1, 0.15) is 20.8 Å². The highest BCUT2D eigenvalue weighted by atomic mass is 28.4. The molecule has 0 aliphatic carbocycles. The molecule has 1 heterocycles. The van der Waals surface area contributed by atoms with Crippen LogP contribution < -0.4 is 0 Å². The number of hydrogen-bond acceptors (Lipinski definition) is 5. The van der Waals surface area contributed by atoms with E-state index in [-0.39, 0.29) is 18.2 Å². The average Bonchev–Trinajstić information content (AvgIpc) is 2.77. The van der Waals surface area contributed by atoms with Gasteiger partial charge in [0.25, 0.3) is 0 Å². The fourth-order valence-corrected chi connectivity index (χ4v) is 2.45. The van der Waals surface area contributed by atoms with Gasteiger partial charge < -0.3 is 13.9 Å². The third-order valence-corrected chi connectivity index (χ3v) is 8.61. The summed E-state index contributed by atoms with van der Waals surface area (Å²) in [6.45, 7) is 11.2. The largest absolute Gasteiger partial charge is 0.467 e. The van der Waals surface area contributed by atoms with Crippen LogP contribution in [0.3, 0.4) is 0 Å². The first-order valence-electron chi connectivity index (χ1n) is 7.21. The second kappa shape index (κ2) is 7.16. The Morgan fingerprint density at radius 3 is 2.59 bits per heavy atom. The van der Waals surface area contributed by atoms with E-state index in [4.69, 9.17) is 9.16 Å². The second-order valence-electron chi connectivity index (χ2n) is 6.65. The minimum absolute atomic E-state index is 0.00759. The van der Waals surface area contributed by atoms with Crippen LogP contribution in [0.25, 0.3) is 0 Å². The summed E-state index contributed by atoms with van der Waals surface area (Å²) >= 11 is 0. The van der Waals surface area contributed by atoms with Crippen molar-refractivity contribution < 1.29 is 23.5 Å². The molecule has 1 saturated heterocycles. The molecule has 0 bridgehead atoms. The Bertz CT molecular complexity index is 486. The van der Waals surface area contributed by atoms with Crippen molar-refractivity contribution in [3.8, 4) is 11.8 Å². The highest BCUT2D eigenvalue weighted by Crippen LogP contribution is 2.36. The van der Waals surface area contributed by atoms with Crippen LogP contribution >= 0.6 is 0 Å². The van der Waals surface area contributed by atoms with Gasteiger partial charge in [0.15, 0.2) is 14.4 Å². The SMILES string of the molecule is COC(=O)[C@H]1COC(=O)N1CC#CCO[Si](C)(C)C(C)(C)C. The molecule has 7 heteroatoms. The molecule has 1 rings (SSSR count). The number of cyclic esters (lactones) is 1. The Labute approximate surface area is 133 Å². The number of ether oxygens (including phenoxy) is 2. The van der Waals surface area contributed by atoms with Crippen molar-refractivity contribution in [3.63, 3.8) is 0 Å². The fraction of sp³-hybridized carbons (Fsp3) is 0.733. The molecule has 0 aromatic carbocycles. The van der Waals surface area contributed by atoms with Gasteiger partial charge in [0.1, 0.15) is 6.61 Å². The summed E-state index contributed by atoms with van der Waals surface area (Å²) in [6.07, 6.45) is -0.546. The van der Waals surface area contributed by atoms with Crippen LogP contribution in [0.5, 0.6) is 0 Å². The molecule has 22 heavy (non-hydrogen) atoms. The smallest absolute Gasteiger partial charge is 0.411 e. The first kappa shape index (κ1) is 18.5. The lowest BCUT2D eigenvalue weighted by atomic mass is 10.2. The third kappa shape index (κ3) is 4.48. The molecular formula is C15H25NO5Si. The normalized spacial score (nSPS) is 18.5. The van der Waals surface area contributed by atoms with E-state index in [2.05, 4.69) is 50.4 Å². The van der Waals surface area contributed by atoms with Gasteiger partial charge in [-0.2, -0.15) is 0 Å². The summed E-state index contributed by atoms with van der Waals surface area (Å²) in [5, 5.41) is 0.128. The van der Waals surface area contributed by atoms with Crippen molar-refractivity contribution in [2.75, 3.05) is 26.9 Å². The Kier molecular flexibility index (Phi) is 6.03. The maximum absolute atomic E-state index is 11.6. The Morgan fingerprint density at radius 1 is 1.41 bits per heavy atom. The molecule has 1 aliphatic rings. The third-order valence-electron chi connectivity index (χ3n) is 4.13. The van der Waals surface area contributed by atoms with Crippen LogP contribution in [0.4, 0.5) is 4.79 Å². The molecule has 1 aliphatic heterocycles. The first-order valence-corrected chi connectivity index (χ1v) is 10.1. The molecular weight excluding hydrogens is 302 g/mol. The number of nitrogens with zero attached hydrogens (tertiary/aromatic N) is 1. The van der Waals surface area contributed by atoms with Crippen LogP contribution in [0.2, 0.25) is 18.1 Å². The molecule has 0 saturated carbocycles. The minimum atomic E-state index is -1.82. The van der Waals surface area contributed by atoms with E-state index in [0.717, 1.165) is 0 Å². The summed E-state index contributed by atoms with van der Waals surface area (Å²) in [5.74, 6) is 5.26. The zero-order valence-electron chi connectivity index (χ0n) is 14.2. The lowest BCUT2D eigenvalue weighted by Crippen LogP contribution is -2.41. The summed E-state index contributed by atoms with van der Waals surface area (Å²) in [6, 6.07) is -0.715. The van der Waals surface area contributed by atoms with E-state index in [1.807, 2.05) is 0 Å². The molecule has 124 valence electrons. The van der Waals surface area contributed by atoms with Crippen LogP contribution in [-0.2, 0) is 18.7 Å². The summed E-state index contributed by atoms with van der Waals surface area (Å²) in [4.78, 5) is 24.4. The maximum atomic E-state index is 11.6. The maximum Gasteiger partial charge on any atom is 0.411 e. The highest BCUT2D eigenvalue weighted by Gasteiger charge is 2.38. The molecule has 6 nitrogen and oxygen atoms in total. The number of amides is 1. The van der Waals surface area contributed by atoms with E-state index in [1.54, 1.807) is 0 Å². The Hall–Kier alpha value is -1.52. The summed E-state index contributed by atoms with van der Waals surface area (Å²) in [7, 11) is -0.539. The van der Waals surface area contributed by atoms with E-state index < -0.39 is 26.4 Å². The number of hydrogen-bond donors (Lipinski definition) is 0. The van der Waals surface area contributed by atoms with E-state index in [0.29, 0.717) is 6.61 Å². The molecule has 0 aromatic rings. The van der Waals surface area contributed by atoms with Gasteiger partial charge >= 0.3 is 12.1 Å². The number of carbonyl (C=O) groups is 2. The van der Waals surface area contributed by atoms with Gasteiger partial charge in [-0.25, -0.2) is 9.59 Å². The number of rotatable bonds is 4. The van der Waals surface area contributed by atoms with Gasteiger partial charge in [-0.3, -0.25) is 4.90 Å². The number of esters is 1. The topological polar surface area (TPSA) is 65.1 Å². The van der Waals surface area contributed by atoms with Crippen molar-refractivity contribution in [1.82, 2.24) is 4.90 Å². The fourth-order valence-electron chi connectivity index (χ4n) is 1.58. The quantitative estimate of drug-likeness (QED) is 0.449. The summed E-state index contributed by atoms with van der Waals surface area (Å²) < 4.78 is 15.4. The standard InChI is InChI=1S/C15H25NO5Si/c1-15(2,3)22(5,6)21-10-8-7-9-16-12(13(17)19-4)11-20-14(16)18/h12H,9-11H2,1-6H3/t12-/m1/s1. The monoisotopic (exact) mass is 327 g/mol. The molecule has 1 fully saturated rings. The predicted molar refractivity (Wildman–Crippen MR) is 84.8 cm³/mol. The molecule has 1 atom stereocenters. The molecule has 1 amide bonds. The van der Waals surface area contributed by atoms with Crippen LogP contribution in [0.15, 0.2) is 0 Å². The van der Waals surface area contributed by atoms with Crippen molar-refractivity contribution in [2.24, 2.45) is 0 Å². The molecule has 0 aromatic heterocycles. The van der Waals surface area contributed by atoms with Crippen molar-refractivity contribution in [1.29, 1.82) is 0 Å². The van der Waals surface area contributed by atoms with Crippen LogP contribution in [-0.4, -0.2) is 58.2 Å². The molecule has 0 spiro atoms. The van der Waals surface area contributed by atoms with Gasteiger partial charge in [-0.05, 0) is 18.1 Å². The van der Waals surface area contributed by atoms with Gasteiger partial charge in [-0.15, -0.1) is 0 Å². The zero-order chi connectivity index (χ0) is 17.0. The van der Waals surface area contributed by atoms with Gasteiger partial charge in [0, 0.05) is 0 Å².